The second-order valence-electron chi connectivity index (χ2n) is 9.63. The highest BCUT2D eigenvalue weighted by molar-refractivity contribution is 6.07. The van der Waals surface area contributed by atoms with E-state index in [1.54, 1.807) is 24.3 Å². The number of hydrogen-bond acceptors (Lipinski definition) is 5. The highest BCUT2D eigenvalue weighted by Gasteiger charge is 2.35. The molecular formula is C28H28F2N4O4. The summed E-state index contributed by atoms with van der Waals surface area (Å²) in [7, 11) is 1.53. The minimum absolute atomic E-state index is 0.0191. The minimum Gasteiger partial charge on any atom is -0.383 e. The fourth-order valence-corrected chi connectivity index (χ4v) is 5.41. The number of carbonyl (C=O) groups is 2. The molecule has 2 aliphatic rings. The number of nitrogens with zero attached hydrogens (tertiary/aromatic N) is 2. The number of benzene rings is 2. The van der Waals surface area contributed by atoms with E-state index in [2.05, 4.69) is 15.5 Å². The van der Waals surface area contributed by atoms with Crippen LogP contribution in [-0.4, -0.2) is 49.7 Å². The maximum atomic E-state index is 14.4. The van der Waals surface area contributed by atoms with Gasteiger partial charge in [-0.2, -0.15) is 0 Å². The Kier molecular flexibility index (Phi) is 7.24. The Hall–Kier alpha value is -4.05. The summed E-state index contributed by atoms with van der Waals surface area (Å²) in [5.74, 6) is -2.98. The van der Waals surface area contributed by atoms with Gasteiger partial charge in [-0.1, -0.05) is 12.1 Å². The predicted molar refractivity (Wildman–Crippen MR) is 139 cm³/mol. The summed E-state index contributed by atoms with van der Waals surface area (Å²) in [4.78, 5) is 40.2. The van der Waals surface area contributed by atoms with Crippen molar-refractivity contribution in [2.75, 3.05) is 43.6 Å². The lowest BCUT2D eigenvalue weighted by Gasteiger charge is -2.44. The van der Waals surface area contributed by atoms with Crippen molar-refractivity contribution < 1.29 is 23.1 Å². The summed E-state index contributed by atoms with van der Waals surface area (Å²) >= 11 is 0. The fraction of sp³-hybridized carbons (Fsp3) is 0.321. The van der Waals surface area contributed by atoms with E-state index in [9.17, 15) is 23.2 Å². The summed E-state index contributed by atoms with van der Waals surface area (Å²) in [6.07, 6.45) is 0.933. The Balaban J connectivity index is 1.48. The van der Waals surface area contributed by atoms with E-state index in [0.717, 1.165) is 24.2 Å². The highest BCUT2D eigenvalue weighted by atomic mass is 19.1. The van der Waals surface area contributed by atoms with Crippen LogP contribution < -0.4 is 21.1 Å². The molecule has 2 N–H and O–H groups in total. The lowest BCUT2D eigenvalue weighted by atomic mass is 9.83. The van der Waals surface area contributed by atoms with Gasteiger partial charge in [-0.05, 0) is 48.7 Å². The Morgan fingerprint density at radius 2 is 1.76 bits per heavy atom. The third-order valence-electron chi connectivity index (χ3n) is 7.11. The lowest BCUT2D eigenvalue weighted by molar-refractivity contribution is 0.0936. The van der Waals surface area contributed by atoms with Crippen LogP contribution in [0.3, 0.4) is 0 Å². The average Bonchev–Trinajstić information content (AvgIpc) is 2.89. The van der Waals surface area contributed by atoms with Gasteiger partial charge in [0.2, 0.25) is 0 Å². The van der Waals surface area contributed by atoms with Gasteiger partial charge in [0.05, 0.1) is 18.0 Å². The number of methoxy groups -OCH3 is 1. The van der Waals surface area contributed by atoms with E-state index >= 15 is 0 Å². The molecule has 0 unspecified atom stereocenters. The molecule has 0 aliphatic carbocycles. The number of halogens is 2. The lowest BCUT2D eigenvalue weighted by Crippen LogP contribution is -2.47. The predicted octanol–water partition coefficient (Wildman–Crippen LogP) is 3.38. The molecule has 3 heterocycles. The van der Waals surface area contributed by atoms with Crippen LogP contribution in [0.4, 0.5) is 20.2 Å². The molecule has 0 radical (unpaired) electrons. The molecule has 2 amide bonds. The van der Waals surface area contributed by atoms with Crippen molar-refractivity contribution in [2.45, 2.75) is 18.9 Å². The molecule has 3 aromatic rings. The summed E-state index contributed by atoms with van der Waals surface area (Å²) in [5.41, 5.74) is 1.42. The first kappa shape index (κ1) is 25.6. The molecule has 10 heteroatoms. The van der Waals surface area contributed by atoms with Crippen molar-refractivity contribution in [1.82, 2.24) is 9.88 Å². The number of aromatic nitrogens is 1. The number of piperidine rings is 1. The van der Waals surface area contributed by atoms with Gasteiger partial charge >= 0.3 is 0 Å². The number of amides is 2. The minimum atomic E-state index is -0.980. The number of hydrogen-bond donors (Lipinski definition) is 2. The monoisotopic (exact) mass is 522 g/mol. The Labute approximate surface area is 218 Å². The molecule has 2 aromatic carbocycles. The molecule has 8 nitrogen and oxygen atoms in total. The van der Waals surface area contributed by atoms with Crippen molar-refractivity contribution in [2.24, 2.45) is 5.92 Å². The van der Waals surface area contributed by atoms with E-state index in [1.807, 2.05) is 10.6 Å². The van der Waals surface area contributed by atoms with Gasteiger partial charge in [-0.15, -0.1) is 0 Å². The van der Waals surface area contributed by atoms with Gasteiger partial charge in [0.1, 0.15) is 17.2 Å². The second-order valence-corrected chi connectivity index (χ2v) is 9.63. The number of rotatable bonds is 7. The summed E-state index contributed by atoms with van der Waals surface area (Å²) in [5, 5.41) is 5.38. The Bertz CT molecular complexity index is 1420. The molecule has 2 aliphatic heterocycles. The van der Waals surface area contributed by atoms with E-state index < -0.39 is 23.1 Å². The van der Waals surface area contributed by atoms with E-state index in [0.29, 0.717) is 38.5 Å². The number of anilines is 2. The van der Waals surface area contributed by atoms with Crippen molar-refractivity contribution in [1.29, 1.82) is 0 Å². The highest BCUT2D eigenvalue weighted by Crippen LogP contribution is 2.39. The normalized spacial score (nSPS) is 18.0. The average molecular weight is 523 g/mol. The number of pyridine rings is 1. The smallest absolute Gasteiger partial charge is 0.261 e. The largest absolute Gasteiger partial charge is 0.383 e. The molecule has 5 rings (SSSR count). The first-order valence-electron chi connectivity index (χ1n) is 12.5. The van der Waals surface area contributed by atoms with Crippen molar-refractivity contribution in [3.63, 3.8) is 0 Å². The van der Waals surface area contributed by atoms with Crippen LogP contribution in [0.2, 0.25) is 0 Å². The van der Waals surface area contributed by atoms with Crippen LogP contribution in [0, 0.1) is 17.6 Å². The molecule has 198 valence electrons. The number of fused-ring (bicyclic) bond motifs is 4. The molecule has 0 saturated carbocycles. The van der Waals surface area contributed by atoms with Gasteiger partial charge in [0.15, 0.2) is 0 Å². The van der Waals surface area contributed by atoms with E-state index in [-0.39, 0.29) is 34.6 Å². The number of nitrogens with one attached hydrogen (secondary N) is 2. The van der Waals surface area contributed by atoms with E-state index in [1.165, 1.54) is 19.2 Å². The van der Waals surface area contributed by atoms with Crippen LogP contribution in [0.15, 0.2) is 59.4 Å². The first-order chi connectivity index (χ1) is 18.4. The Morgan fingerprint density at radius 1 is 1.00 bits per heavy atom. The molecule has 1 saturated heterocycles. The molecule has 0 spiro atoms. The fourth-order valence-electron chi connectivity index (χ4n) is 5.41. The zero-order valence-corrected chi connectivity index (χ0v) is 20.9. The quantitative estimate of drug-likeness (QED) is 0.465. The van der Waals surface area contributed by atoms with Crippen LogP contribution in [0.1, 0.15) is 38.7 Å². The molecule has 1 fully saturated rings. The van der Waals surface area contributed by atoms with Gasteiger partial charge in [-0.25, -0.2) is 8.78 Å². The van der Waals surface area contributed by atoms with Crippen molar-refractivity contribution in [3.05, 3.63) is 93.4 Å². The second kappa shape index (κ2) is 10.7. The summed E-state index contributed by atoms with van der Waals surface area (Å²) < 4.78 is 35.5. The Morgan fingerprint density at radius 3 is 2.53 bits per heavy atom. The van der Waals surface area contributed by atoms with Crippen molar-refractivity contribution >= 4 is 23.2 Å². The third kappa shape index (κ3) is 5.04. The molecular weight excluding hydrogens is 494 g/mol. The molecule has 2 bridgehead atoms. The summed E-state index contributed by atoms with van der Waals surface area (Å²) in [6, 6.07) is 13.4. The molecule has 2 atom stereocenters. The van der Waals surface area contributed by atoms with Crippen LogP contribution in [0.25, 0.3) is 0 Å². The van der Waals surface area contributed by atoms with Gasteiger partial charge in [0.25, 0.3) is 17.4 Å². The zero-order valence-electron chi connectivity index (χ0n) is 20.9. The SMILES string of the molecule is COCCNC(=O)c1ccc(N2C[C@H]3C[C@@H](C2)c2cccc(=O)n2C3)c(NC(=O)c2c(F)cccc2F)c1. The van der Waals surface area contributed by atoms with Gasteiger partial charge in [0, 0.05) is 56.5 Å². The van der Waals surface area contributed by atoms with Gasteiger partial charge < -0.3 is 24.8 Å². The van der Waals surface area contributed by atoms with Crippen LogP contribution >= 0.6 is 0 Å². The maximum absolute atomic E-state index is 14.4. The van der Waals surface area contributed by atoms with Crippen LogP contribution in [0.5, 0.6) is 0 Å². The zero-order chi connectivity index (χ0) is 26.8. The van der Waals surface area contributed by atoms with E-state index in [4.69, 9.17) is 4.74 Å². The topological polar surface area (TPSA) is 92.7 Å². The standard InChI is InChI=1S/C28H28F2N4O4/c1-38-11-10-31-27(36)18-8-9-24(22(13-18)32-28(37)26-20(29)4-2-5-21(26)30)33-14-17-12-19(16-33)23-6-3-7-25(35)34(23)15-17/h2-9,13,17,19H,10-12,14-16H2,1H3,(H,31,36)(H,32,37)/t17-,19+/m1/s1. The number of ether oxygens (including phenoxy) is 1. The third-order valence-corrected chi connectivity index (χ3v) is 7.11. The number of carbonyl (C=O) groups excluding carboxylic acids is 2. The molecule has 1 aromatic heterocycles. The van der Waals surface area contributed by atoms with Crippen LogP contribution in [-0.2, 0) is 11.3 Å². The summed E-state index contributed by atoms with van der Waals surface area (Å²) in [6.45, 7) is 2.42. The maximum Gasteiger partial charge on any atom is 0.261 e. The van der Waals surface area contributed by atoms with Gasteiger partial charge in [-0.3, -0.25) is 14.4 Å². The molecule has 38 heavy (non-hydrogen) atoms. The first-order valence-corrected chi connectivity index (χ1v) is 12.5. The van der Waals surface area contributed by atoms with Crippen molar-refractivity contribution in [3.8, 4) is 0 Å².